The summed E-state index contributed by atoms with van der Waals surface area (Å²) in [5.74, 6) is 0.252. The number of amides is 1. The first-order valence-corrected chi connectivity index (χ1v) is 5.44. The predicted octanol–water partition coefficient (Wildman–Crippen LogP) is 2.67. The van der Waals surface area contributed by atoms with Crippen molar-refractivity contribution >= 4 is 6.09 Å². The number of alkyl carbamates (subject to hydrolysis) is 1. The van der Waals surface area contributed by atoms with Crippen LogP contribution in [0.5, 0.6) is 0 Å². The minimum Gasteiger partial charge on any atom is -0.508 e. The van der Waals surface area contributed by atoms with Crippen LogP contribution in [0.3, 0.4) is 0 Å². The van der Waals surface area contributed by atoms with Crippen molar-refractivity contribution < 1.29 is 14.6 Å². The second-order valence-electron chi connectivity index (χ2n) is 4.75. The lowest BCUT2D eigenvalue weighted by atomic mass is 10.1. The van der Waals surface area contributed by atoms with Crippen molar-refractivity contribution in [3.05, 3.63) is 23.5 Å². The topological polar surface area (TPSA) is 58.6 Å². The maximum Gasteiger partial charge on any atom is 0.407 e. The molecular formula is C12H19NO3. The van der Waals surface area contributed by atoms with Gasteiger partial charge in [-0.1, -0.05) is 6.08 Å². The zero-order valence-electron chi connectivity index (χ0n) is 10.0. The summed E-state index contributed by atoms with van der Waals surface area (Å²) in [5.41, 5.74) is 0.250. The number of hydrogen-bond acceptors (Lipinski definition) is 3. The highest BCUT2D eigenvalue weighted by atomic mass is 16.6. The fraction of sp³-hybridized carbons (Fsp3) is 0.583. The minimum atomic E-state index is -0.497. The van der Waals surface area contributed by atoms with E-state index in [0.717, 1.165) is 18.4 Å². The maximum absolute atomic E-state index is 11.3. The molecule has 16 heavy (non-hydrogen) atoms. The average molecular weight is 225 g/mol. The number of hydrogen-bond donors (Lipinski definition) is 2. The Balaban J connectivity index is 2.38. The van der Waals surface area contributed by atoms with Crippen LogP contribution in [0.2, 0.25) is 0 Å². The van der Waals surface area contributed by atoms with Crippen LogP contribution in [0.25, 0.3) is 0 Å². The molecule has 2 N–H and O–H groups in total. The molecule has 0 unspecified atom stereocenters. The molecule has 0 heterocycles. The number of rotatable bonds is 2. The molecule has 0 spiro atoms. The second-order valence-corrected chi connectivity index (χ2v) is 4.75. The molecule has 1 amide bonds. The van der Waals surface area contributed by atoms with Crippen LogP contribution < -0.4 is 5.32 Å². The van der Waals surface area contributed by atoms with E-state index < -0.39 is 11.7 Å². The zero-order valence-corrected chi connectivity index (χ0v) is 10.0. The first-order valence-electron chi connectivity index (χ1n) is 5.44. The van der Waals surface area contributed by atoms with Gasteiger partial charge < -0.3 is 15.2 Å². The molecule has 1 rings (SSSR count). The summed E-state index contributed by atoms with van der Waals surface area (Å²) in [7, 11) is 0. The standard InChI is InChI=1S/C12H19NO3/c1-12(2,3)16-11(15)13-8-9-6-4-5-7-10(9)14/h6-7,14H,4-5,8H2,1-3H3,(H,13,15). The SMILES string of the molecule is CC(C)(C)OC(=O)NCC1=CCCC=C1O. The van der Waals surface area contributed by atoms with E-state index in [2.05, 4.69) is 5.32 Å². The highest BCUT2D eigenvalue weighted by molar-refractivity contribution is 5.68. The van der Waals surface area contributed by atoms with Crippen molar-refractivity contribution in [2.75, 3.05) is 6.54 Å². The van der Waals surface area contributed by atoms with Crippen molar-refractivity contribution in [2.45, 2.75) is 39.2 Å². The van der Waals surface area contributed by atoms with Crippen molar-refractivity contribution in [2.24, 2.45) is 0 Å². The Hall–Kier alpha value is -1.45. The van der Waals surface area contributed by atoms with Gasteiger partial charge in [0, 0.05) is 12.1 Å². The van der Waals surface area contributed by atoms with Gasteiger partial charge in [0.2, 0.25) is 0 Å². The highest BCUT2D eigenvalue weighted by Crippen LogP contribution is 2.15. The van der Waals surface area contributed by atoms with Crippen LogP contribution in [0.4, 0.5) is 4.79 Å². The molecule has 0 saturated carbocycles. The van der Waals surface area contributed by atoms with Crippen molar-refractivity contribution in [1.82, 2.24) is 5.32 Å². The van der Waals surface area contributed by atoms with Crippen LogP contribution >= 0.6 is 0 Å². The van der Waals surface area contributed by atoms with E-state index in [0.29, 0.717) is 6.54 Å². The summed E-state index contributed by atoms with van der Waals surface area (Å²) >= 11 is 0. The van der Waals surface area contributed by atoms with Crippen LogP contribution in [0.15, 0.2) is 23.5 Å². The third-order valence-corrected chi connectivity index (χ3v) is 2.05. The molecule has 0 aromatic rings. The molecule has 4 heteroatoms. The van der Waals surface area contributed by atoms with Gasteiger partial charge in [0.25, 0.3) is 0 Å². The average Bonchev–Trinajstić information content (AvgIpc) is 2.14. The van der Waals surface area contributed by atoms with Crippen molar-refractivity contribution in [1.29, 1.82) is 0 Å². The molecular weight excluding hydrogens is 206 g/mol. The first kappa shape index (κ1) is 12.6. The molecule has 0 atom stereocenters. The van der Waals surface area contributed by atoms with Gasteiger partial charge in [0.15, 0.2) is 0 Å². The Morgan fingerprint density at radius 3 is 2.62 bits per heavy atom. The second kappa shape index (κ2) is 5.05. The largest absolute Gasteiger partial charge is 0.508 e. The molecule has 90 valence electrons. The number of carbonyl (C=O) groups is 1. The van der Waals surface area contributed by atoms with E-state index >= 15 is 0 Å². The molecule has 0 saturated heterocycles. The van der Waals surface area contributed by atoms with Crippen LogP contribution in [-0.4, -0.2) is 23.3 Å². The molecule has 1 aliphatic rings. The molecule has 0 aliphatic heterocycles. The normalized spacial score (nSPS) is 16.2. The fourth-order valence-electron chi connectivity index (χ4n) is 1.36. The highest BCUT2D eigenvalue weighted by Gasteiger charge is 2.16. The number of nitrogens with one attached hydrogen (secondary N) is 1. The van der Waals surface area contributed by atoms with E-state index in [-0.39, 0.29) is 5.76 Å². The summed E-state index contributed by atoms with van der Waals surface area (Å²) < 4.78 is 5.09. The summed E-state index contributed by atoms with van der Waals surface area (Å²) in [5, 5.41) is 12.1. The van der Waals surface area contributed by atoms with Crippen molar-refractivity contribution in [3.8, 4) is 0 Å². The van der Waals surface area contributed by atoms with Gasteiger partial charge >= 0.3 is 6.09 Å². The summed E-state index contributed by atoms with van der Waals surface area (Å²) in [4.78, 5) is 11.3. The lowest BCUT2D eigenvalue weighted by Crippen LogP contribution is -2.33. The Kier molecular flexibility index (Phi) is 3.99. The molecule has 0 bridgehead atoms. The number of carbonyl (C=O) groups excluding carboxylic acids is 1. The molecule has 4 nitrogen and oxygen atoms in total. The summed E-state index contributed by atoms with van der Waals surface area (Å²) in [6.45, 7) is 5.73. The molecule has 0 fully saturated rings. The lowest BCUT2D eigenvalue weighted by Gasteiger charge is -2.20. The maximum atomic E-state index is 11.3. The Morgan fingerprint density at radius 2 is 2.06 bits per heavy atom. The molecule has 0 aromatic heterocycles. The van der Waals surface area contributed by atoms with Crippen LogP contribution in [0, 0.1) is 0 Å². The Bertz CT molecular complexity index is 324. The zero-order chi connectivity index (χ0) is 12.2. The molecule has 0 radical (unpaired) electrons. The summed E-state index contributed by atoms with van der Waals surface area (Å²) in [6, 6.07) is 0. The fourth-order valence-corrected chi connectivity index (χ4v) is 1.36. The van der Waals surface area contributed by atoms with Gasteiger partial charge in [-0.15, -0.1) is 0 Å². The lowest BCUT2D eigenvalue weighted by molar-refractivity contribution is 0.0532. The van der Waals surface area contributed by atoms with E-state index in [1.807, 2.05) is 26.8 Å². The monoisotopic (exact) mass is 225 g/mol. The number of ether oxygens (including phenoxy) is 1. The number of allylic oxidation sites excluding steroid dienone is 2. The minimum absolute atomic E-state index is 0.252. The van der Waals surface area contributed by atoms with Crippen molar-refractivity contribution in [3.63, 3.8) is 0 Å². The van der Waals surface area contributed by atoms with Gasteiger partial charge in [-0.05, 0) is 39.7 Å². The van der Waals surface area contributed by atoms with Gasteiger partial charge in [0.05, 0.1) is 0 Å². The summed E-state index contributed by atoms with van der Waals surface area (Å²) in [6.07, 6.45) is 4.96. The predicted molar refractivity (Wildman–Crippen MR) is 62.3 cm³/mol. The molecule has 0 aromatic carbocycles. The van der Waals surface area contributed by atoms with Crippen LogP contribution in [-0.2, 0) is 4.74 Å². The number of aliphatic hydroxyl groups is 1. The van der Waals surface area contributed by atoms with Gasteiger partial charge in [0.1, 0.15) is 11.4 Å². The van der Waals surface area contributed by atoms with Gasteiger partial charge in [-0.3, -0.25) is 0 Å². The third-order valence-electron chi connectivity index (χ3n) is 2.05. The number of aliphatic hydroxyl groups excluding tert-OH is 1. The Morgan fingerprint density at radius 1 is 1.44 bits per heavy atom. The van der Waals surface area contributed by atoms with Crippen LogP contribution in [0.1, 0.15) is 33.6 Å². The smallest absolute Gasteiger partial charge is 0.407 e. The molecule has 1 aliphatic carbocycles. The van der Waals surface area contributed by atoms with Gasteiger partial charge in [-0.2, -0.15) is 0 Å². The van der Waals surface area contributed by atoms with Gasteiger partial charge in [-0.25, -0.2) is 4.79 Å². The van der Waals surface area contributed by atoms with E-state index in [1.165, 1.54) is 0 Å². The Labute approximate surface area is 96.0 Å². The first-order chi connectivity index (χ1) is 7.38. The van der Waals surface area contributed by atoms with E-state index in [4.69, 9.17) is 4.74 Å². The van der Waals surface area contributed by atoms with E-state index in [1.54, 1.807) is 6.08 Å². The van der Waals surface area contributed by atoms with E-state index in [9.17, 15) is 9.90 Å². The quantitative estimate of drug-likeness (QED) is 0.759. The third kappa shape index (κ3) is 4.38.